The molecule has 0 aliphatic carbocycles. The Morgan fingerprint density at radius 2 is 2.16 bits per heavy atom. The minimum absolute atomic E-state index is 0.120. The summed E-state index contributed by atoms with van der Waals surface area (Å²) in [5, 5.41) is 9.13. The van der Waals surface area contributed by atoms with Gasteiger partial charge in [0.15, 0.2) is 0 Å². The van der Waals surface area contributed by atoms with Crippen LogP contribution in [0.15, 0.2) is 36.7 Å². The Morgan fingerprint density at radius 3 is 2.92 bits per heavy atom. The summed E-state index contributed by atoms with van der Waals surface area (Å²) in [5.41, 5.74) is 2.51. The number of aromatic nitrogens is 2. The zero-order valence-corrected chi connectivity index (χ0v) is 14.2. The predicted molar refractivity (Wildman–Crippen MR) is 93.1 cm³/mol. The molecule has 1 aliphatic rings. The first-order valence-electron chi connectivity index (χ1n) is 8.43. The first-order chi connectivity index (χ1) is 12.0. The van der Waals surface area contributed by atoms with E-state index in [-0.39, 0.29) is 11.5 Å². The van der Waals surface area contributed by atoms with E-state index >= 15 is 0 Å². The van der Waals surface area contributed by atoms with E-state index in [1.807, 2.05) is 11.0 Å². The maximum Gasteiger partial charge on any atom is 0.335 e. The van der Waals surface area contributed by atoms with Crippen molar-refractivity contribution in [3.8, 4) is 11.3 Å². The zero-order chi connectivity index (χ0) is 17.8. The molecule has 6 nitrogen and oxygen atoms in total. The molecule has 0 bridgehead atoms. The Morgan fingerprint density at radius 1 is 1.32 bits per heavy atom. The predicted octanol–water partition coefficient (Wildman–Crippen LogP) is 2.64. The molecule has 3 rings (SSSR count). The summed E-state index contributed by atoms with van der Waals surface area (Å²) in [6, 6.07) is 6.70. The molecule has 0 saturated carbocycles. The van der Waals surface area contributed by atoms with E-state index in [1.54, 1.807) is 37.5 Å². The second-order valence-electron chi connectivity index (χ2n) is 6.46. The molecule has 1 atom stereocenters. The Hall–Kier alpha value is -2.76. The minimum atomic E-state index is -0.961. The zero-order valence-electron chi connectivity index (χ0n) is 14.2. The Balaban J connectivity index is 1.77. The van der Waals surface area contributed by atoms with Crippen molar-refractivity contribution in [3.05, 3.63) is 47.9 Å². The lowest BCUT2D eigenvalue weighted by atomic mass is 9.93. The van der Waals surface area contributed by atoms with Gasteiger partial charge in [0.05, 0.1) is 23.1 Å². The number of rotatable bonds is 4. The van der Waals surface area contributed by atoms with E-state index in [4.69, 9.17) is 5.11 Å². The molecule has 1 aromatic carbocycles. The Kier molecular flexibility index (Phi) is 5.07. The molecule has 6 heteroatoms. The number of benzene rings is 1. The van der Waals surface area contributed by atoms with Gasteiger partial charge in [-0.15, -0.1) is 0 Å². The number of aromatic carboxylic acids is 1. The lowest BCUT2D eigenvalue weighted by Gasteiger charge is -2.31. The highest BCUT2D eigenvalue weighted by Gasteiger charge is 2.22. The molecule has 1 amide bonds. The molecule has 1 aliphatic heterocycles. The Labute approximate surface area is 146 Å². The van der Waals surface area contributed by atoms with Crippen LogP contribution in [0.5, 0.6) is 0 Å². The normalized spacial score (nSPS) is 17.3. The number of carboxylic acids is 1. The van der Waals surface area contributed by atoms with Gasteiger partial charge in [-0.3, -0.25) is 9.78 Å². The molecular formula is C19H21N3O3. The molecule has 2 heterocycles. The molecule has 2 aromatic rings. The molecule has 1 fully saturated rings. The second-order valence-corrected chi connectivity index (χ2v) is 6.46. The van der Waals surface area contributed by atoms with Gasteiger partial charge in [0, 0.05) is 31.8 Å². The first kappa shape index (κ1) is 17.1. The van der Waals surface area contributed by atoms with Gasteiger partial charge in [0.1, 0.15) is 0 Å². The molecule has 0 spiro atoms. The van der Waals surface area contributed by atoms with Crippen LogP contribution >= 0.6 is 0 Å². The van der Waals surface area contributed by atoms with Crippen molar-refractivity contribution in [2.45, 2.75) is 26.2 Å². The third kappa shape index (κ3) is 4.21. The van der Waals surface area contributed by atoms with Gasteiger partial charge >= 0.3 is 5.97 Å². The summed E-state index contributed by atoms with van der Waals surface area (Å²) < 4.78 is 0. The summed E-state index contributed by atoms with van der Waals surface area (Å²) in [6.45, 7) is 3.20. The van der Waals surface area contributed by atoms with Crippen molar-refractivity contribution < 1.29 is 14.7 Å². The van der Waals surface area contributed by atoms with Crippen LogP contribution in [-0.2, 0) is 11.2 Å². The molecule has 1 N–H and O–H groups in total. The fourth-order valence-corrected chi connectivity index (χ4v) is 3.27. The van der Waals surface area contributed by atoms with Gasteiger partial charge in [-0.2, -0.15) is 0 Å². The molecular weight excluding hydrogens is 318 g/mol. The number of likely N-dealkylation sites (tertiary alicyclic amines) is 1. The molecule has 0 unspecified atom stereocenters. The monoisotopic (exact) mass is 339 g/mol. The smallest absolute Gasteiger partial charge is 0.335 e. The van der Waals surface area contributed by atoms with Crippen LogP contribution in [0.1, 0.15) is 35.8 Å². The quantitative estimate of drug-likeness (QED) is 0.926. The number of amides is 1. The van der Waals surface area contributed by atoms with Crippen LogP contribution in [-0.4, -0.2) is 44.9 Å². The van der Waals surface area contributed by atoms with E-state index in [2.05, 4.69) is 9.97 Å². The van der Waals surface area contributed by atoms with Crippen molar-refractivity contribution in [1.82, 2.24) is 14.9 Å². The van der Waals surface area contributed by atoms with Gasteiger partial charge in [0.25, 0.3) is 0 Å². The second kappa shape index (κ2) is 7.42. The first-order valence-corrected chi connectivity index (χ1v) is 8.43. The van der Waals surface area contributed by atoms with E-state index < -0.39 is 5.97 Å². The number of piperidine rings is 1. The summed E-state index contributed by atoms with van der Waals surface area (Å²) in [4.78, 5) is 33.5. The number of nitrogens with zero attached hydrogens (tertiary/aromatic N) is 3. The van der Waals surface area contributed by atoms with Gasteiger partial charge in [-0.05, 0) is 37.3 Å². The van der Waals surface area contributed by atoms with Crippen molar-refractivity contribution in [2.24, 2.45) is 5.92 Å². The lowest BCUT2D eigenvalue weighted by molar-refractivity contribution is -0.130. The largest absolute Gasteiger partial charge is 0.478 e. The topological polar surface area (TPSA) is 83.4 Å². The Bertz CT molecular complexity index is 791. The summed E-state index contributed by atoms with van der Waals surface area (Å²) in [6.07, 6.45) is 6.25. The molecule has 1 aromatic heterocycles. The van der Waals surface area contributed by atoms with E-state index in [0.717, 1.165) is 43.6 Å². The van der Waals surface area contributed by atoms with Crippen molar-refractivity contribution >= 4 is 11.9 Å². The van der Waals surface area contributed by atoms with Crippen LogP contribution in [0.2, 0.25) is 0 Å². The van der Waals surface area contributed by atoms with Gasteiger partial charge in [0.2, 0.25) is 5.91 Å². The highest BCUT2D eigenvalue weighted by atomic mass is 16.4. The minimum Gasteiger partial charge on any atom is -0.478 e. The van der Waals surface area contributed by atoms with Crippen LogP contribution < -0.4 is 0 Å². The average Bonchev–Trinajstić information content (AvgIpc) is 2.62. The summed E-state index contributed by atoms with van der Waals surface area (Å²) in [5.74, 6) is -0.458. The van der Waals surface area contributed by atoms with Crippen LogP contribution in [0.3, 0.4) is 0 Å². The number of carbonyl (C=O) groups excluding carboxylic acids is 1. The maximum absolute atomic E-state index is 11.6. The SMILES string of the molecule is CC(=O)N1CCC[C@@H](Cc2cncc(-c3cccc(C(=O)O)c3)n2)C1. The van der Waals surface area contributed by atoms with E-state index in [9.17, 15) is 9.59 Å². The fraction of sp³-hybridized carbons (Fsp3) is 0.368. The van der Waals surface area contributed by atoms with Crippen LogP contribution in [0, 0.1) is 5.92 Å². The number of hydrogen-bond acceptors (Lipinski definition) is 4. The molecule has 130 valence electrons. The number of carboxylic acid groups (broad SMARTS) is 1. The van der Waals surface area contributed by atoms with Crippen molar-refractivity contribution in [1.29, 1.82) is 0 Å². The highest BCUT2D eigenvalue weighted by molar-refractivity contribution is 5.89. The van der Waals surface area contributed by atoms with Gasteiger partial charge in [-0.25, -0.2) is 9.78 Å². The van der Waals surface area contributed by atoms with Crippen LogP contribution in [0.4, 0.5) is 0 Å². The summed E-state index contributed by atoms with van der Waals surface area (Å²) in [7, 11) is 0. The van der Waals surface area contributed by atoms with Gasteiger partial charge < -0.3 is 10.0 Å². The third-order valence-corrected chi connectivity index (χ3v) is 4.55. The van der Waals surface area contributed by atoms with E-state index in [1.165, 1.54) is 0 Å². The highest BCUT2D eigenvalue weighted by Crippen LogP contribution is 2.22. The average molecular weight is 339 g/mol. The molecule has 1 saturated heterocycles. The van der Waals surface area contributed by atoms with Gasteiger partial charge in [-0.1, -0.05) is 12.1 Å². The fourth-order valence-electron chi connectivity index (χ4n) is 3.27. The number of hydrogen-bond donors (Lipinski definition) is 1. The lowest BCUT2D eigenvalue weighted by Crippen LogP contribution is -2.39. The third-order valence-electron chi connectivity index (χ3n) is 4.55. The standard InChI is InChI=1S/C19H21N3O3/c1-13(23)22-7-3-4-14(12-22)8-17-10-20-11-18(21-17)15-5-2-6-16(9-15)19(24)25/h2,5-6,9-11,14H,3-4,7-8,12H2,1H3,(H,24,25)/t14-/m0/s1. The molecule has 25 heavy (non-hydrogen) atoms. The molecule has 0 radical (unpaired) electrons. The number of carbonyl (C=O) groups is 2. The summed E-state index contributed by atoms with van der Waals surface area (Å²) >= 11 is 0. The maximum atomic E-state index is 11.6. The van der Waals surface area contributed by atoms with Crippen LogP contribution in [0.25, 0.3) is 11.3 Å². The van der Waals surface area contributed by atoms with E-state index in [0.29, 0.717) is 11.6 Å². The van der Waals surface area contributed by atoms with Crippen molar-refractivity contribution in [2.75, 3.05) is 13.1 Å². The van der Waals surface area contributed by atoms with Crippen molar-refractivity contribution in [3.63, 3.8) is 0 Å².